The van der Waals surface area contributed by atoms with Crippen LogP contribution in [0.1, 0.15) is 22.3 Å². The molecule has 1 heterocycles. The van der Waals surface area contributed by atoms with E-state index in [1.807, 2.05) is 18.2 Å². The predicted molar refractivity (Wildman–Crippen MR) is 148 cm³/mol. The van der Waals surface area contributed by atoms with Gasteiger partial charge in [-0.15, -0.1) is 6.58 Å². The molecule has 0 bridgehead atoms. The van der Waals surface area contributed by atoms with Crippen LogP contribution in [0.5, 0.6) is 11.5 Å². The van der Waals surface area contributed by atoms with Crippen molar-refractivity contribution in [3.05, 3.63) is 105 Å². The van der Waals surface area contributed by atoms with Gasteiger partial charge in [0, 0.05) is 21.2 Å². The summed E-state index contributed by atoms with van der Waals surface area (Å²) in [5, 5.41) is 3.18. The van der Waals surface area contributed by atoms with Gasteiger partial charge in [-0.3, -0.25) is 14.9 Å². The largest absolute Gasteiger partial charge is 0.493 e. The Labute approximate surface area is 230 Å². The number of nitrogens with one attached hydrogen (secondary N) is 1. The second-order valence-electron chi connectivity index (χ2n) is 8.48. The van der Waals surface area contributed by atoms with E-state index in [2.05, 4.69) is 11.9 Å². The molecule has 1 N–H and O–H groups in total. The SMILES string of the molecule is C=CCc1cc(/C=C2/C(=O)NC(=O)N(c3ccc(C)c(Cl)c3)C2=O)cc(OC)c1OCc1ccccc1Cl. The van der Waals surface area contributed by atoms with Gasteiger partial charge in [0.1, 0.15) is 12.2 Å². The molecule has 1 aliphatic heterocycles. The molecule has 4 amide bonds. The van der Waals surface area contributed by atoms with E-state index in [-0.39, 0.29) is 17.9 Å². The van der Waals surface area contributed by atoms with Crippen LogP contribution in [0.3, 0.4) is 0 Å². The number of rotatable bonds is 8. The number of amides is 4. The molecule has 1 fully saturated rings. The number of carbonyl (C=O) groups is 3. The molecule has 4 rings (SSSR count). The number of carbonyl (C=O) groups excluding carboxylic acids is 3. The third kappa shape index (κ3) is 5.59. The van der Waals surface area contributed by atoms with Crippen molar-refractivity contribution in [2.45, 2.75) is 20.0 Å². The van der Waals surface area contributed by atoms with E-state index in [4.69, 9.17) is 32.7 Å². The number of barbiturate groups is 1. The van der Waals surface area contributed by atoms with Crippen LogP contribution in [-0.4, -0.2) is 25.0 Å². The van der Waals surface area contributed by atoms with E-state index in [1.54, 1.807) is 43.3 Å². The monoisotopic (exact) mass is 550 g/mol. The maximum Gasteiger partial charge on any atom is 0.335 e. The quantitative estimate of drug-likeness (QED) is 0.202. The van der Waals surface area contributed by atoms with Crippen molar-refractivity contribution in [2.24, 2.45) is 0 Å². The molecule has 0 unspecified atom stereocenters. The summed E-state index contributed by atoms with van der Waals surface area (Å²) in [6.45, 7) is 5.82. The molecule has 38 heavy (non-hydrogen) atoms. The molecule has 194 valence electrons. The van der Waals surface area contributed by atoms with Crippen molar-refractivity contribution in [1.82, 2.24) is 5.32 Å². The number of benzene rings is 3. The first-order valence-electron chi connectivity index (χ1n) is 11.6. The van der Waals surface area contributed by atoms with Crippen LogP contribution in [0.2, 0.25) is 10.0 Å². The summed E-state index contributed by atoms with van der Waals surface area (Å²) in [6, 6.07) is 14.7. The van der Waals surface area contributed by atoms with Gasteiger partial charge >= 0.3 is 6.03 Å². The Morgan fingerprint density at radius 3 is 2.45 bits per heavy atom. The number of halogens is 2. The Bertz CT molecular complexity index is 1480. The molecule has 3 aromatic carbocycles. The van der Waals surface area contributed by atoms with Crippen molar-refractivity contribution in [2.75, 3.05) is 12.0 Å². The molecule has 3 aromatic rings. The van der Waals surface area contributed by atoms with Crippen molar-refractivity contribution < 1.29 is 23.9 Å². The second kappa shape index (κ2) is 11.5. The number of hydrogen-bond acceptors (Lipinski definition) is 5. The van der Waals surface area contributed by atoms with E-state index in [1.165, 1.54) is 19.3 Å². The third-order valence-corrected chi connectivity index (χ3v) is 6.67. The third-order valence-electron chi connectivity index (χ3n) is 5.89. The summed E-state index contributed by atoms with van der Waals surface area (Å²) >= 11 is 12.5. The van der Waals surface area contributed by atoms with Gasteiger partial charge in [-0.1, -0.05) is 53.5 Å². The van der Waals surface area contributed by atoms with Crippen LogP contribution in [0.25, 0.3) is 6.08 Å². The molecule has 9 heteroatoms. The lowest BCUT2D eigenvalue weighted by atomic mass is 10.0. The minimum absolute atomic E-state index is 0.206. The van der Waals surface area contributed by atoms with E-state index in [0.29, 0.717) is 33.5 Å². The van der Waals surface area contributed by atoms with Gasteiger partial charge in [0.2, 0.25) is 0 Å². The van der Waals surface area contributed by atoms with Gasteiger partial charge in [-0.2, -0.15) is 0 Å². The number of anilines is 1. The van der Waals surface area contributed by atoms with Crippen LogP contribution in [0.15, 0.2) is 72.8 Å². The Morgan fingerprint density at radius 2 is 1.76 bits per heavy atom. The number of urea groups is 1. The highest BCUT2D eigenvalue weighted by molar-refractivity contribution is 6.39. The summed E-state index contributed by atoms with van der Waals surface area (Å²) in [5.74, 6) is -0.704. The number of nitrogens with zero attached hydrogens (tertiary/aromatic N) is 1. The van der Waals surface area contributed by atoms with E-state index in [9.17, 15) is 14.4 Å². The lowest BCUT2D eigenvalue weighted by Crippen LogP contribution is -2.54. The molecule has 0 aromatic heterocycles. The normalized spacial score (nSPS) is 14.5. The van der Waals surface area contributed by atoms with Gasteiger partial charge in [-0.05, 0) is 60.9 Å². The zero-order chi connectivity index (χ0) is 27.4. The molecule has 0 radical (unpaired) electrons. The number of hydrogen-bond donors (Lipinski definition) is 1. The van der Waals surface area contributed by atoms with Gasteiger partial charge in [0.25, 0.3) is 11.8 Å². The van der Waals surface area contributed by atoms with Gasteiger partial charge in [0.15, 0.2) is 11.5 Å². The molecular formula is C29H24Cl2N2O5. The molecule has 0 aliphatic carbocycles. The van der Waals surface area contributed by atoms with Crippen LogP contribution in [0, 0.1) is 6.92 Å². The first kappa shape index (κ1) is 27.0. The highest BCUT2D eigenvalue weighted by atomic mass is 35.5. The fourth-order valence-corrected chi connectivity index (χ4v) is 4.30. The number of imide groups is 2. The predicted octanol–water partition coefficient (Wildman–Crippen LogP) is 6.28. The fourth-order valence-electron chi connectivity index (χ4n) is 3.93. The summed E-state index contributed by atoms with van der Waals surface area (Å²) in [7, 11) is 1.49. The lowest BCUT2D eigenvalue weighted by Gasteiger charge is -2.26. The lowest BCUT2D eigenvalue weighted by molar-refractivity contribution is -0.122. The number of methoxy groups -OCH3 is 1. The molecular weight excluding hydrogens is 527 g/mol. The summed E-state index contributed by atoms with van der Waals surface area (Å²) in [5.41, 5.74) is 2.83. The van der Waals surface area contributed by atoms with Crippen molar-refractivity contribution in [3.8, 4) is 11.5 Å². The Hall–Kier alpha value is -4.07. The van der Waals surface area contributed by atoms with Gasteiger partial charge in [-0.25, -0.2) is 9.69 Å². The number of allylic oxidation sites excluding steroid dienone is 1. The summed E-state index contributed by atoms with van der Waals surface area (Å²) < 4.78 is 11.7. The Kier molecular flexibility index (Phi) is 8.20. The maximum absolute atomic E-state index is 13.3. The fraction of sp³-hybridized carbons (Fsp3) is 0.138. The summed E-state index contributed by atoms with van der Waals surface area (Å²) in [6.07, 6.45) is 3.53. The van der Waals surface area contributed by atoms with Crippen LogP contribution in [-0.2, 0) is 22.6 Å². The molecule has 0 spiro atoms. The van der Waals surface area contributed by atoms with E-state index >= 15 is 0 Å². The van der Waals surface area contributed by atoms with Crippen LogP contribution < -0.4 is 19.7 Å². The standard InChI is InChI=1S/C29H24Cl2N2O5/c1-4-7-19-12-18(14-25(37-3)26(19)38-16-20-8-5-6-9-23(20)30)13-22-27(34)32-29(36)33(28(22)35)21-11-10-17(2)24(31)15-21/h4-6,8-15H,1,7,16H2,2-3H3,(H,32,34,36)/b22-13-. The molecule has 0 saturated carbocycles. The highest BCUT2D eigenvalue weighted by Gasteiger charge is 2.37. The summed E-state index contributed by atoms with van der Waals surface area (Å²) in [4.78, 5) is 39.4. The average Bonchev–Trinajstić information content (AvgIpc) is 2.88. The molecule has 7 nitrogen and oxygen atoms in total. The molecule has 0 atom stereocenters. The van der Waals surface area contributed by atoms with Crippen molar-refractivity contribution in [3.63, 3.8) is 0 Å². The first-order valence-corrected chi connectivity index (χ1v) is 12.3. The highest BCUT2D eigenvalue weighted by Crippen LogP contribution is 2.36. The Balaban J connectivity index is 1.71. The molecule has 1 aliphatic rings. The molecule has 1 saturated heterocycles. The maximum atomic E-state index is 13.3. The van der Waals surface area contributed by atoms with Gasteiger partial charge in [0.05, 0.1) is 12.8 Å². The first-order chi connectivity index (χ1) is 18.2. The number of ether oxygens (including phenoxy) is 2. The minimum Gasteiger partial charge on any atom is -0.493 e. The van der Waals surface area contributed by atoms with E-state index < -0.39 is 17.8 Å². The van der Waals surface area contributed by atoms with E-state index in [0.717, 1.165) is 21.6 Å². The zero-order valence-corrected chi connectivity index (χ0v) is 22.2. The van der Waals surface area contributed by atoms with Crippen molar-refractivity contribution in [1.29, 1.82) is 0 Å². The van der Waals surface area contributed by atoms with Crippen LogP contribution >= 0.6 is 23.2 Å². The topological polar surface area (TPSA) is 84.9 Å². The Morgan fingerprint density at radius 1 is 1.00 bits per heavy atom. The zero-order valence-electron chi connectivity index (χ0n) is 20.7. The minimum atomic E-state index is -0.856. The van der Waals surface area contributed by atoms with Crippen molar-refractivity contribution >= 4 is 52.8 Å². The second-order valence-corrected chi connectivity index (χ2v) is 9.29. The van der Waals surface area contributed by atoms with Gasteiger partial charge < -0.3 is 9.47 Å². The van der Waals surface area contributed by atoms with Crippen LogP contribution in [0.4, 0.5) is 10.5 Å². The number of aryl methyl sites for hydroxylation is 1. The average molecular weight is 551 g/mol. The smallest absolute Gasteiger partial charge is 0.335 e.